The minimum Gasteiger partial charge on any atom is -0.383 e. The van der Waals surface area contributed by atoms with Crippen LogP contribution in [0.1, 0.15) is 35.5 Å². The summed E-state index contributed by atoms with van der Waals surface area (Å²) in [4.78, 5) is 16.2. The standard InChI is InChI=1S/C17H21N3O/c1-12(2)20-15-8-9-18-16(10-15)17(21)19-11-14-6-4-13(3)5-7-14/h4-10,12H,11H2,1-3H3,(H,18,20)(H,19,21). The third-order valence-corrected chi connectivity index (χ3v) is 3.02. The van der Waals surface area contributed by atoms with Gasteiger partial charge in [-0.05, 0) is 38.5 Å². The van der Waals surface area contributed by atoms with Crippen LogP contribution < -0.4 is 10.6 Å². The normalized spacial score (nSPS) is 10.5. The number of pyridine rings is 1. The minimum absolute atomic E-state index is 0.164. The molecule has 2 rings (SSSR count). The number of aryl methyl sites for hydroxylation is 1. The number of aromatic nitrogens is 1. The van der Waals surface area contributed by atoms with Gasteiger partial charge >= 0.3 is 0 Å². The molecular formula is C17H21N3O. The van der Waals surface area contributed by atoms with Gasteiger partial charge in [0.15, 0.2) is 0 Å². The van der Waals surface area contributed by atoms with Gasteiger partial charge in [-0.2, -0.15) is 0 Å². The lowest BCUT2D eigenvalue weighted by Gasteiger charge is -2.11. The molecule has 0 radical (unpaired) electrons. The molecule has 0 spiro atoms. The first-order valence-electron chi connectivity index (χ1n) is 7.11. The van der Waals surface area contributed by atoms with Gasteiger partial charge in [0.05, 0.1) is 0 Å². The van der Waals surface area contributed by atoms with Gasteiger partial charge < -0.3 is 10.6 Å². The first-order chi connectivity index (χ1) is 10.0. The van der Waals surface area contributed by atoms with Gasteiger partial charge in [0.25, 0.3) is 5.91 Å². The van der Waals surface area contributed by atoms with E-state index in [1.54, 1.807) is 12.3 Å². The zero-order valence-electron chi connectivity index (χ0n) is 12.7. The monoisotopic (exact) mass is 283 g/mol. The van der Waals surface area contributed by atoms with Crippen LogP contribution in [0.3, 0.4) is 0 Å². The Balaban J connectivity index is 1.98. The third-order valence-electron chi connectivity index (χ3n) is 3.02. The molecule has 0 aliphatic heterocycles. The van der Waals surface area contributed by atoms with E-state index in [9.17, 15) is 4.79 Å². The van der Waals surface area contributed by atoms with Crippen molar-refractivity contribution in [3.8, 4) is 0 Å². The molecule has 1 heterocycles. The Hall–Kier alpha value is -2.36. The highest BCUT2D eigenvalue weighted by Gasteiger charge is 2.08. The van der Waals surface area contributed by atoms with Crippen molar-refractivity contribution >= 4 is 11.6 Å². The van der Waals surface area contributed by atoms with Crippen LogP contribution in [0.5, 0.6) is 0 Å². The predicted molar refractivity (Wildman–Crippen MR) is 85.3 cm³/mol. The smallest absolute Gasteiger partial charge is 0.270 e. The van der Waals surface area contributed by atoms with E-state index in [0.29, 0.717) is 18.3 Å². The molecule has 0 unspecified atom stereocenters. The Kier molecular flexibility index (Phi) is 4.93. The van der Waals surface area contributed by atoms with E-state index in [0.717, 1.165) is 11.3 Å². The zero-order valence-corrected chi connectivity index (χ0v) is 12.7. The molecular weight excluding hydrogens is 262 g/mol. The summed E-state index contributed by atoms with van der Waals surface area (Å²) < 4.78 is 0. The summed E-state index contributed by atoms with van der Waals surface area (Å²) >= 11 is 0. The van der Waals surface area contributed by atoms with Crippen molar-refractivity contribution in [1.29, 1.82) is 0 Å². The van der Waals surface area contributed by atoms with Crippen LogP contribution in [0.15, 0.2) is 42.6 Å². The van der Waals surface area contributed by atoms with Gasteiger partial charge in [-0.1, -0.05) is 29.8 Å². The number of carbonyl (C=O) groups excluding carboxylic acids is 1. The highest BCUT2D eigenvalue weighted by molar-refractivity contribution is 5.93. The zero-order chi connectivity index (χ0) is 15.2. The maximum absolute atomic E-state index is 12.1. The summed E-state index contributed by atoms with van der Waals surface area (Å²) in [5.41, 5.74) is 3.61. The topological polar surface area (TPSA) is 54.0 Å². The Morgan fingerprint density at radius 3 is 2.57 bits per heavy atom. The number of nitrogens with one attached hydrogen (secondary N) is 2. The average Bonchev–Trinajstić information content (AvgIpc) is 2.46. The molecule has 0 bridgehead atoms. The second kappa shape index (κ2) is 6.88. The highest BCUT2D eigenvalue weighted by Crippen LogP contribution is 2.10. The molecule has 0 fully saturated rings. The summed E-state index contributed by atoms with van der Waals surface area (Å²) in [6.07, 6.45) is 1.64. The van der Waals surface area contributed by atoms with Crippen molar-refractivity contribution in [3.05, 3.63) is 59.4 Å². The van der Waals surface area contributed by atoms with Crippen molar-refractivity contribution in [1.82, 2.24) is 10.3 Å². The summed E-state index contributed by atoms with van der Waals surface area (Å²) in [6, 6.07) is 12.0. The van der Waals surface area contributed by atoms with Crippen molar-refractivity contribution in [2.24, 2.45) is 0 Å². The lowest BCUT2D eigenvalue weighted by molar-refractivity contribution is 0.0946. The van der Waals surface area contributed by atoms with Gasteiger partial charge in [-0.15, -0.1) is 0 Å². The van der Waals surface area contributed by atoms with Crippen molar-refractivity contribution in [2.45, 2.75) is 33.4 Å². The molecule has 1 aromatic carbocycles. The number of hydrogen-bond acceptors (Lipinski definition) is 3. The van der Waals surface area contributed by atoms with Gasteiger partial charge in [0.2, 0.25) is 0 Å². The third kappa shape index (κ3) is 4.60. The van der Waals surface area contributed by atoms with Gasteiger partial charge in [-0.25, -0.2) is 0 Å². The Morgan fingerprint density at radius 2 is 1.90 bits per heavy atom. The van der Waals surface area contributed by atoms with E-state index in [-0.39, 0.29) is 5.91 Å². The number of carbonyl (C=O) groups is 1. The summed E-state index contributed by atoms with van der Waals surface area (Å²) in [6.45, 7) is 6.65. The molecule has 4 heteroatoms. The molecule has 0 saturated carbocycles. The Morgan fingerprint density at radius 1 is 1.19 bits per heavy atom. The van der Waals surface area contributed by atoms with Crippen LogP contribution in [-0.2, 0) is 6.54 Å². The number of benzene rings is 1. The van der Waals surface area contributed by atoms with E-state index in [1.165, 1.54) is 5.56 Å². The summed E-state index contributed by atoms with van der Waals surface area (Å²) in [5, 5.41) is 6.15. The maximum atomic E-state index is 12.1. The number of anilines is 1. The number of amides is 1. The van der Waals surface area contributed by atoms with Crippen LogP contribution in [0, 0.1) is 6.92 Å². The van der Waals surface area contributed by atoms with E-state index < -0.39 is 0 Å². The van der Waals surface area contributed by atoms with Crippen molar-refractivity contribution in [2.75, 3.05) is 5.32 Å². The lowest BCUT2D eigenvalue weighted by Crippen LogP contribution is -2.24. The fraction of sp³-hybridized carbons (Fsp3) is 0.294. The van der Waals surface area contributed by atoms with Crippen molar-refractivity contribution < 1.29 is 4.79 Å². The molecule has 21 heavy (non-hydrogen) atoms. The summed E-state index contributed by atoms with van der Waals surface area (Å²) in [5.74, 6) is -0.164. The van der Waals surface area contributed by atoms with E-state index in [2.05, 4.69) is 29.5 Å². The lowest BCUT2D eigenvalue weighted by atomic mass is 10.1. The molecule has 1 aromatic heterocycles. The van der Waals surface area contributed by atoms with Crippen LogP contribution in [-0.4, -0.2) is 16.9 Å². The first kappa shape index (κ1) is 15.0. The van der Waals surface area contributed by atoms with Crippen molar-refractivity contribution in [3.63, 3.8) is 0 Å². The van der Waals surface area contributed by atoms with Crippen LogP contribution in [0.4, 0.5) is 5.69 Å². The molecule has 1 amide bonds. The molecule has 0 atom stereocenters. The maximum Gasteiger partial charge on any atom is 0.270 e. The van der Waals surface area contributed by atoms with Gasteiger partial charge in [0.1, 0.15) is 5.69 Å². The second-order valence-corrected chi connectivity index (χ2v) is 5.40. The molecule has 0 saturated heterocycles. The molecule has 0 aliphatic carbocycles. The van der Waals surface area contributed by atoms with E-state index >= 15 is 0 Å². The number of rotatable bonds is 5. The molecule has 2 N–H and O–H groups in total. The second-order valence-electron chi connectivity index (χ2n) is 5.40. The first-order valence-corrected chi connectivity index (χ1v) is 7.11. The quantitative estimate of drug-likeness (QED) is 0.886. The number of nitrogens with zero attached hydrogens (tertiary/aromatic N) is 1. The molecule has 0 aliphatic rings. The fourth-order valence-electron chi connectivity index (χ4n) is 1.96. The fourth-order valence-corrected chi connectivity index (χ4v) is 1.96. The molecule has 2 aromatic rings. The van der Waals surface area contributed by atoms with Crippen LogP contribution in [0.2, 0.25) is 0 Å². The molecule has 110 valence electrons. The van der Waals surface area contributed by atoms with E-state index in [4.69, 9.17) is 0 Å². The Bertz CT molecular complexity index is 606. The van der Waals surface area contributed by atoms with Gasteiger partial charge in [-0.3, -0.25) is 9.78 Å². The van der Waals surface area contributed by atoms with E-state index in [1.807, 2.05) is 37.3 Å². The summed E-state index contributed by atoms with van der Waals surface area (Å²) in [7, 11) is 0. The molecule has 4 nitrogen and oxygen atoms in total. The van der Waals surface area contributed by atoms with Crippen LogP contribution >= 0.6 is 0 Å². The largest absolute Gasteiger partial charge is 0.383 e. The minimum atomic E-state index is -0.164. The SMILES string of the molecule is Cc1ccc(CNC(=O)c2cc(NC(C)C)ccn2)cc1. The highest BCUT2D eigenvalue weighted by atomic mass is 16.1. The van der Waals surface area contributed by atoms with Crippen LogP contribution in [0.25, 0.3) is 0 Å². The predicted octanol–water partition coefficient (Wildman–Crippen LogP) is 3.14. The average molecular weight is 283 g/mol. The van der Waals surface area contributed by atoms with Gasteiger partial charge in [0, 0.05) is 24.5 Å². The Labute approximate surface area is 125 Å². The number of hydrogen-bond donors (Lipinski definition) is 2.